The van der Waals surface area contributed by atoms with E-state index in [-0.39, 0.29) is 26.9 Å². The van der Waals surface area contributed by atoms with Gasteiger partial charge in [0.15, 0.2) is 0 Å². The third-order valence-electron chi connectivity index (χ3n) is 2.27. The SMILES string of the molecule is N#Cc1cc(Br)c(O)c(-c2cc(F)nc(F)c2)c1. The van der Waals surface area contributed by atoms with E-state index in [1.807, 2.05) is 6.07 Å². The molecule has 90 valence electrons. The largest absolute Gasteiger partial charge is 0.506 e. The molecule has 0 amide bonds. The summed E-state index contributed by atoms with van der Waals surface area (Å²) in [5, 5.41) is 18.7. The van der Waals surface area contributed by atoms with Gasteiger partial charge in [0.1, 0.15) is 5.75 Å². The van der Waals surface area contributed by atoms with Crippen molar-refractivity contribution in [2.75, 3.05) is 0 Å². The molecule has 0 aliphatic heterocycles. The molecule has 0 aliphatic rings. The first-order chi connectivity index (χ1) is 8.51. The molecule has 1 N–H and O–H groups in total. The zero-order valence-corrected chi connectivity index (χ0v) is 10.4. The van der Waals surface area contributed by atoms with E-state index in [1.54, 1.807) is 0 Å². The van der Waals surface area contributed by atoms with E-state index in [4.69, 9.17) is 5.26 Å². The van der Waals surface area contributed by atoms with E-state index in [0.29, 0.717) is 0 Å². The Morgan fingerprint density at radius 1 is 1.17 bits per heavy atom. The van der Waals surface area contributed by atoms with Crippen molar-refractivity contribution in [2.24, 2.45) is 0 Å². The summed E-state index contributed by atoms with van der Waals surface area (Å²) in [5.74, 6) is -2.19. The molecule has 0 saturated heterocycles. The second-order valence-corrected chi connectivity index (χ2v) is 4.32. The first-order valence-electron chi connectivity index (χ1n) is 4.77. The summed E-state index contributed by atoms with van der Waals surface area (Å²) in [6, 6.07) is 6.60. The third-order valence-corrected chi connectivity index (χ3v) is 2.87. The Morgan fingerprint density at radius 3 is 2.33 bits per heavy atom. The number of hydrogen-bond donors (Lipinski definition) is 1. The molecular weight excluding hydrogens is 306 g/mol. The molecule has 0 aliphatic carbocycles. The van der Waals surface area contributed by atoms with Crippen LogP contribution in [0.25, 0.3) is 11.1 Å². The van der Waals surface area contributed by atoms with Crippen LogP contribution in [0.5, 0.6) is 5.75 Å². The molecule has 0 fully saturated rings. The summed E-state index contributed by atoms with van der Waals surface area (Å²) in [7, 11) is 0. The van der Waals surface area contributed by atoms with Crippen molar-refractivity contribution in [3.8, 4) is 22.9 Å². The minimum absolute atomic E-state index is 0.107. The van der Waals surface area contributed by atoms with E-state index in [9.17, 15) is 13.9 Å². The summed E-state index contributed by atoms with van der Waals surface area (Å²) in [5.41, 5.74) is 0.517. The first kappa shape index (κ1) is 12.5. The van der Waals surface area contributed by atoms with Crippen LogP contribution in [-0.4, -0.2) is 10.1 Å². The van der Waals surface area contributed by atoms with Gasteiger partial charge in [-0.1, -0.05) is 0 Å². The van der Waals surface area contributed by atoms with Crippen molar-refractivity contribution in [3.63, 3.8) is 0 Å². The number of nitrogens with zero attached hydrogens (tertiary/aromatic N) is 2. The Hall–Kier alpha value is -2.00. The van der Waals surface area contributed by atoms with E-state index in [0.717, 1.165) is 12.1 Å². The van der Waals surface area contributed by atoms with Crippen molar-refractivity contribution in [1.82, 2.24) is 4.98 Å². The Kier molecular flexibility index (Phi) is 3.26. The van der Waals surface area contributed by atoms with Gasteiger partial charge in [-0.15, -0.1) is 0 Å². The number of halogens is 3. The predicted octanol–water partition coefficient (Wildman–Crippen LogP) is 3.37. The number of aromatic nitrogens is 1. The highest BCUT2D eigenvalue weighted by Crippen LogP contribution is 2.36. The number of rotatable bonds is 1. The quantitative estimate of drug-likeness (QED) is 0.822. The van der Waals surface area contributed by atoms with E-state index in [1.165, 1.54) is 12.1 Å². The van der Waals surface area contributed by atoms with Crippen LogP contribution in [0.1, 0.15) is 5.56 Å². The molecule has 0 unspecified atom stereocenters. The van der Waals surface area contributed by atoms with Gasteiger partial charge in [-0.2, -0.15) is 19.0 Å². The average Bonchev–Trinajstić information content (AvgIpc) is 2.31. The molecule has 0 spiro atoms. The van der Waals surface area contributed by atoms with Gasteiger partial charge in [-0.3, -0.25) is 0 Å². The summed E-state index contributed by atoms with van der Waals surface area (Å²) in [6.45, 7) is 0. The Bertz CT molecular complexity index is 648. The van der Waals surface area contributed by atoms with Crippen LogP contribution in [0.15, 0.2) is 28.7 Å². The number of benzene rings is 1. The highest BCUT2D eigenvalue weighted by Gasteiger charge is 2.12. The molecule has 0 radical (unpaired) electrons. The topological polar surface area (TPSA) is 56.9 Å². The first-order valence-corrected chi connectivity index (χ1v) is 5.56. The second kappa shape index (κ2) is 4.70. The van der Waals surface area contributed by atoms with Gasteiger partial charge in [0.2, 0.25) is 11.9 Å². The lowest BCUT2D eigenvalue weighted by molar-refractivity contribution is 0.473. The van der Waals surface area contributed by atoms with Gasteiger partial charge in [0, 0.05) is 17.7 Å². The molecule has 3 nitrogen and oxygen atoms in total. The minimum Gasteiger partial charge on any atom is -0.506 e. The van der Waals surface area contributed by atoms with Gasteiger partial charge < -0.3 is 5.11 Å². The van der Waals surface area contributed by atoms with Crippen molar-refractivity contribution in [1.29, 1.82) is 5.26 Å². The van der Waals surface area contributed by atoms with Crippen molar-refractivity contribution < 1.29 is 13.9 Å². The number of aromatic hydroxyl groups is 1. The number of hydrogen-bond acceptors (Lipinski definition) is 3. The minimum atomic E-state index is -0.997. The highest BCUT2D eigenvalue weighted by molar-refractivity contribution is 9.10. The maximum Gasteiger partial charge on any atom is 0.216 e. The normalized spacial score (nSPS) is 10.1. The number of pyridine rings is 1. The van der Waals surface area contributed by atoms with Crippen molar-refractivity contribution >= 4 is 15.9 Å². The van der Waals surface area contributed by atoms with E-state index >= 15 is 0 Å². The molecule has 1 aromatic heterocycles. The van der Waals surface area contributed by atoms with E-state index < -0.39 is 11.9 Å². The van der Waals surface area contributed by atoms with Crippen LogP contribution < -0.4 is 0 Å². The summed E-state index contributed by atoms with van der Waals surface area (Å²) in [4.78, 5) is 2.96. The number of phenols is 1. The van der Waals surface area contributed by atoms with Crippen LogP contribution in [0.2, 0.25) is 0 Å². The third kappa shape index (κ3) is 2.31. The molecule has 18 heavy (non-hydrogen) atoms. The Morgan fingerprint density at radius 2 is 1.78 bits per heavy atom. The van der Waals surface area contributed by atoms with Gasteiger partial charge in [-0.05, 0) is 33.6 Å². The lowest BCUT2D eigenvalue weighted by atomic mass is 10.0. The maximum atomic E-state index is 13.0. The molecule has 0 bridgehead atoms. The molecule has 1 heterocycles. The molecule has 0 atom stereocenters. The Balaban J connectivity index is 2.70. The maximum absolute atomic E-state index is 13.0. The van der Waals surface area contributed by atoms with Crippen LogP contribution in [0, 0.1) is 23.2 Å². The standard InChI is InChI=1S/C12H5BrF2N2O/c13-9-2-6(5-16)1-8(12(9)18)7-3-10(14)17-11(15)4-7/h1-4,18H. The van der Waals surface area contributed by atoms with Gasteiger partial charge in [0.05, 0.1) is 16.1 Å². The lowest BCUT2D eigenvalue weighted by Gasteiger charge is -2.07. The van der Waals surface area contributed by atoms with Gasteiger partial charge >= 0.3 is 0 Å². The summed E-state index contributed by atoms with van der Waals surface area (Å²) < 4.78 is 26.3. The molecular formula is C12H5BrF2N2O. The van der Waals surface area contributed by atoms with E-state index in [2.05, 4.69) is 20.9 Å². The molecule has 0 saturated carbocycles. The molecule has 2 rings (SSSR count). The van der Waals surface area contributed by atoms with Crippen LogP contribution in [0.3, 0.4) is 0 Å². The molecule has 1 aromatic carbocycles. The van der Waals surface area contributed by atoms with Crippen molar-refractivity contribution in [2.45, 2.75) is 0 Å². The highest BCUT2D eigenvalue weighted by atomic mass is 79.9. The zero-order valence-electron chi connectivity index (χ0n) is 8.78. The second-order valence-electron chi connectivity index (χ2n) is 3.47. The number of nitriles is 1. The predicted molar refractivity (Wildman–Crippen MR) is 63.7 cm³/mol. The van der Waals surface area contributed by atoms with Crippen molar-refractivity contribution in [3.05, 3.63) is 46.2 Å². The average molecular weight is 311 g/mol. The zero-order chi connectivity index (χ0) is 13.3. The fraction of sp³-hybridized carbons (Fsp3) is 0. The summed E-state index contributed by atoms with van der Waals surface area (Å²) in [6.07, 6.45) is 0. The van der Waals surface area contributed by atoms with Crippen LogP contribution in [0.4, 0.5) is 8.78 Å². The van der Waals surface area contributed by atoms with Crippen LogP contribution >= 0.6 is 15.9 Å². The molecule has 6 heteroatoms. The summed E-state index contributed by atoms with van der Waals surface area (Å²) >= 11 is 3.07. The van der Waals surface area contributed by atoms with Gasteiger partial charge in [-0.25, -0.2) is 0 Å². The fourth-order valence-electron chi connectivity index (χ4n) is 1.50. The number of phenolic OH excluding ortho intramolecular Hbond substituents is 1. The monoisotopic (exact) mass is 310 g/mol. The van der Waals surface area contributed by atoms with Gasteiger partial charge in [0.25, 0.3) is 0 Å². The lowest BCUT2D eigenvalue weighted by Crippen LogP contribution is -1.91. The fourth-order valence-corrected chi connectivity index (χ4v) is 1.96. The smallest absolute Gasteiger partial charge is 0.216 e. The molecule has 2 aromatic rings. The van der Waals surface area contributed by atoms with Crippen LogP contribution in [-0.2, 0) is 0 Å². The Labute approximate surface area is 109 Å².